The van der Waals surface area contributed by atoms with Crippen LogP contribution in [0.2, 0.25) is 15.1 Å². The number of aliphatic hydroxyl groups is 1. The molecule has 3 rings (SSSR count). The molecule has 0 atom stereocenters. The first kappa shape index (κ1) is 13.8. The van der Waals surface area contributed by atoms with E-state index in [-0.39, 0.29) is 6.61 Å². The summed E-state index contributed by atoms with van der Waals surface area (Å²) in [5, 5.41) is 11.8. The van der Waals surface area contributed by atoms with E-state index in [4.69, 9.17) is 39.2 Å². The van der Waals surface area contributed by atoms with Crippen molar-refractivity contribution < 1.29 is 9.52 Å². The van der Waals surface area contributed by atoms with Gasteiger partial charge >= 0.3 is 0 Å². The Kier molecular flexibility index (Phi) is 3.65. The van der Waals surface area contributed by atoms with Crippen LogP contribution in [0.5, 0.6) is 0 Å². The summed E-state index contributed by atoms with van der Waals surface area (Å²) in [6, 6.07) is 10.5. The van der Waals surface area contributed by atoms with Crippen LogP contribution in [-0.4, -0.2) is 5.11 Å². The molecule has 5 heteroatoms. The first-order valence-corrected chi connectivity index (χ1v) is 7.00. The molecule has 3 aromatic rings. The van der Waals surface area contributed by atoms with Gasteiger partial charge in [-0.1, -0.05) is 34.8 Å². The van der Waals surface area contributed by atoms with Crippen molar-refractivity contribution in [3.05, 3.63) is 57.0 Å². The third-order valence-corrected chi connectivity index (χ3v) is 3.79. The molecular formula is C15H9Cl3O2. The van der Waals surface area contributed by atoms with Crippen molar-refractivity contribution in [1.29, 1.82) is 0 Å². The summed E-state index contributed by atoms with van der Waals surface area (Å²) in [6.45, 7) is -0.141. The van der Waals surface area contributed by atoms with Crippen molar-refractivity contribution >= 4 is 45.8 Å². The van der Waals surface area contributed by atoms with Crippen LogP contribution < -0.4 is 0 Å². The topological polar surface area (TPSA) is 33.4 Å². The zero-order chi connectivity index (χ0) is 14.3. The van der Waals surface area contributed by atoms with Crippen LogP contribution in [0.1, 0.15) is 5.56 Å². The molecule has 2 nitrogen and oxygen atoms in total. The minimum Gasteiger partial charge on any atom is -0.456 e. The van der Waals surface area contributed by atoms with Crippen LogP contribution >= 0.6 is 34.8 Å². The fourth-order valence-electron chi connectivity index (χ4n) is 2.12. The monoisotopic (exact) mass is 326 g/mol. The molecule has 102 valence electrons. The summed E-state index contributed by atoms with van der Waals surface area (Å²) in [4.78, 5) is 0. The maximum atomic E-state index is 9.37. The molecule has 1 heterocycles. The molecule has 0 aliphatic heterocycles. The Morgan fingerprint density at radius 1 is 0.950 bits per heavy atom. The van der Waals surface area contributed by atoms with Gasteiger partial charge in [-0.25, -0.2) is 0 Å². The Bertz CT molecular complexity index is 793. The average Bonchev–Trinajstić information content (AvgIpc) is 2.80. The minimum atomic E-state index is -0.141. The number of benzene rings is 2. The fourth-order valence-corrected chi connectivity index (χ4v) is 2.88. The summed E-state index contributed by atoms with van der Waals surface area (Å²) >= 11 is 18.1. The van der Waals surface area contributed by atoms with E-state index in [1.165, 1.54) is 0 Å². The Hall–Kier alpha value is -1.19. The first-order valence-electron chi connectivity index (χ1n) is 5.87. The molecule has 0 saturated heterocycles. The molecular weight excluding hydrogens is 319 g/mol. The Balaban J connectivity index is 2.22. The quantitative estimate of drug-likeness (QED) is 0.669. The standard InChI is InChI=1S/C15H9Cl3O2/c16-10-1-2-12(13(18)6-10)14-5-8-3-11(17)4-9(7-19)15(8)20-14/h1-6,19H,7H2. The zero-order valence-electron chi connectivity index (χ0n) is 10.2. The van der Waals surface area contributed by atoms with Gasteiger partial charge in [0, 0.05) is 26.6 Å². The van der Waals surface area contributed by atoms with E-state index in [1.54, 1.807) is 30.3 Å². The van der Waals surface area contributed by atoms with Crippen molar-refractivity contribution in [3.63, 3.8) is 0 Å². The zero-order valence-corrected chi connectivity index (χ0v) is 12.4. The van der Waals surface area contributed by atoms with Crippen molar-refractivity contribution in [1.82, 2.24) is 0 Å². The Morgan fingerprint density at radius 3 is 2.45 bits per heavy atom. The lowest BCUT2D eigenvalue weighted by Crippen LogP contribution is -1.83. The molecule has 20 heavy (non-hydrogen) atoms. The maximum absolute atomic E-state index is 9.37. The fraction of sp³-hybridized carbons (Fsp3) is 0.0667. The Labute approximate surface area is 130 Å². The summed E-state index contributed by atoms with van der Waals surface area (Å²) in [7, 11) is 0. The molecule has 0 aliphatic carbocycles. The molecule has 1 aromatic heterocycles. The molecule has 0 aliphatic rings. The number of fused-ring (bicyclic) bond motifs is 1. The van der Waals surface area contributed by atoms with Gasteiger partial charge in [0.25, 0.3) is 0 Å². The lowest BCUT2D eigenvalue weighted by atomic mass is 10.1. The predicted octanol–water partition coefficient (Wildman–Crippen LogP) is 5.55. The van der Waals surface area contributed by atoms with Gasteiger partial charge in [0.2, 0.25) is 0 Å². The molecule has 0 amide bonds. The van der Waals surface area contributed by atoms with Gasteiger partial charge in [0.1, 0.15) is 11.3 Å². The highest BCUT2D eigenvalue weighted by molar-refractivity contribution is 6.36. The third kappa shape index (κ3) is 2.40. The van der Waals surface area contributed by atoms with Crippen molar-refractivity contribution in [3.8, 4) is 11.3 Å². The Morgan fingerprint density at radius 2 is 1.75 bits per heavy atom. The van der Waals surface area contributed by atoms with Crippen LogP contribution in [0.3, 0.4) is 0 Å². The molecule has 0 spiro atoms. The van der Waals surface area contributed by atoms with Crippen LogP contribution in [0.15, 0.2) is 40.8 Å². The number of hydrogen-bond donors (Lipinski definition) is 1. The number of hydrogen-bond acceptors (Lipinski definition) is 2. The highest BCUT2D eigenvalue weighted by atomic mass is 35.5. The number of furan rings is 1. The predicted molar refractivity (Wildman–Crippen MR) is 82.6 cm³/mol. The van der Waals surface area contributed by atoms with E-state index in [0.717, 1.165) is 10.9 Å². The lowest BCUT2D eigenvalue weighted by Gasteiger charge is -2.01. The van der Waals surface area contributed by atoms with Gasteiger partial charge in [-0.3, -0.25) is 0 Å². The van der Waals surface area contributed by atoms with Crippen LogP contribution in [-0.2, 0) is 6.61 Å². The molecule has 0 radical (unpaired) electrons. The summed E-state index contributed by atoms with van der Waals surface area (Å²) in [6.07, 6.45) is 0. The van der Waals surface area contributed by atoms with E-state index < -0.39 is 0 Å². The molecule has 0 fully saturated rings. The molecule has 0 saturated carbocycles. The van der Waals surface area contributed by atoms with Crippen LogP contribution in [0.4, 0.5) is 0 Å². The average molecular weight is 328 g/mol. The van der Waals surface area contributed by atoms with Gasteiger partial charge in [-0.15, -0.1) is 0 Å². The van der Waals surface area contributed by atoms with Gasteiger partial charge in [-0.2, -0.15) is 0 Å². The number of halogens is 3. The maximum Gasteiger partial charge on any atom is 0.140 e. The van der Waals surface area contributed by atoms with Gasteiger partial charge in [-0.05, 0) is 36.4 Å². The van der Waals surface area contributed by atoms with Gasteiger partial charge < -0.3 is 9.52 Å². The molecule has 2 aromatic carbocycles. The summed E-state index contributed by atoms with van der Waals surface area (Å²) in [5.74, 6) is 0.610. The van der Waals surface area contributed by atoms with E-state index in [1.807, 2.05) is 6.07 Å². The van der Waals surface area contributed by atoms with Crippen molar-refractivity contribution in [2.24, 2.45) is 0 Å². The first-order chi connectivity index (χ1) is 9.58. The molecule has 0 unspecified atom stereocenters. The molecule has 1 N–H and O–H groups in total. The second-order valence-electron chi connectivity index (χ2n) is 4.38. The second-order valence-corrected chi connectivity index (χ2v) is 5.66. The smallest absolute Gasteiger partial charge is 0.140 e. The number of aliphatic hydroxyl groups excluding tert-OH is 1. The second kappa shape index (κ2) is 5.30. The van der Waals surface area contributed by atoms with E-state index in [9.17, 15) is 5.11 Å². The highest BCUT2D eigenvalue weighted by Gasteiger charge is 2.13. The minimum absolute atomic E-state index is 0.141. The van der Waals surface area contributed by atoms with Crippen LogP contribution in [0, 0.1) is 0 Å². The van der Waals surface area contributed by atoms with Gasteiger partial charge in [0.15, 0.2) is 0 Å². The molecule has 0 bridgehead atoms. The third-order valence-electron chi connectivity index (χ3n) is 3.02. The van der Waals surface area contributed by atoms with Crippen LogP contribution in [0.25, 0.3) is 22.3 Å². The van der Waals surface area contributed by atoms with Crippen molar-refractivity contribution in [2.45, 2.75) is 6.61 Å². The van der Waals surface area contributed by atoms with E-state index in [0.29, 0.717) is 32.0 Å². The largest absolute Gasteiger partial charge is 0.456 e. The van der Waals surface area contributed by atoms with Crippen molar-refractivity contribution in [2.75, 3.05) is 0 Å². The number of rotatable bonds is 2. The SMILES string of the molecule is OCc1cc(Cl)cc2cc(-c3ccc(Cl)cc3Cl)oc12. The lowest BCUT2D eigenvalue weighted by molar-refractivity contribution is 0.282. The van der Waals surface area contributed by atoms with E-state index >= 15 is 0 Å². The van der Waals surface area contributed by atoms with Gasteiger partial charge in [0.05, 0.1) is 11.6 Å². The summed E-state index contributed by atoms with van der Waals surface area (Å²) in [5.41, 5.74) is 1.99. The normalized spacial score (nSPS) is 11.2. The van der Waals surface area contributed by atoms with E-state index in [2.05, 4.69) is 0 Å². The highest BCUT2D eigenvalue weighted by Crippen LogP contribution is 2.36. The summed E-state index contributed by atoms with van der Waals surface area (Å²) < 4.78 is 5.81.